The molecule has 2 amide bonds. The first kappa shape index (κ1) is 17.1. The van der Waals surface area contributed by atoms with Crippen LogP contribution in [0, 0.1) is 0 Å². The Labute approximate surface area is 140 Å². The topological polar surface area (TPSA) is 71.3 Å². The Morgan fingerprint density at radius 3 is 2.78 bits per heavy atom. The molecule has 1 unspecified atom stereocenters. The summed E-state index contributed by atoms with van der Waals surface area (Å²) in [6, 6.07) is 10.3. The van der Waals surface area contributed by atoms with Crippen molar-refractivity contribution in [2.75, 3.05) is 0 Å². The number of amides is 2. The number of benzene rings is 1. The highest BCUT2D eigenvalue weighted by atomic mass is 35.5. The van der Waals surface area contributed by atoms with Crippen molar-refractivity contribution in [2.45, 2.75) is 32.4 Å². The lowest BCUT2D eigenvalue weighted by Gasteiger charge is -2.13. The second kappa shape index (κ2) is 8.39. The molecule has 0 saturated carbocycles. The van der Waals surface area contributed by atoms with Crippen molar-refractivity contribution in [1.29, 1.82) is 0 Å². The van der Waals surface area contributed by atoms with Gasteiger partial charge in [-0.2, -0.15) is 0 Å². The van der Waals surface area contributed by atoms with Crippen LogP contribution < -0.4 is 10.6 Å². The average Bonchev–Trinajstić information content (AvgIpc) is 3.04. The van der Waals surface area contributed by atoms with E-state index in [9.17, 15) is 9.59 Å². The number of aryl methyl sites for hydroxylation is 1. The average molecular weight is 335 g/mol. The third-order valence-electron chi connectivity index (χ3n) is 3.32. The molecule has 2 rings (SSSR count). The van der Waals surface area contributed by atoms with Crippen LogP contribution in [0.5, 0.6) is 0 Å². The van der Waals surface area contributed by atoms with Gasteiger partial charge in [0, 0.05) is 11.4 Å². The Bertz CT molecular complexity index is 656. The molecule has 122 valence electrons. The number of carbonyl (C=O) groups excluding carboxylic acids is 2. The summed E-state index contributed by atoms with van der Waals surface area (Å²) in [5.41, 5.74) is 0.988. The van der Waals surface area contributed by atoms with Crippen molar-refractivity contribution in [2.24, 2.45) is 0 Å². The van der Waals surface area contributed by atoms with Crippen LogP contribution in [0.2, 0.25) is 5.02 Å². The Balaban J connectivity index is 1.72. The fraction of sp³-hybridized carbons (Fsp3) is 0.294. The molecule has 0 aliphatic carbocycles. The van der Waals surface area contributed by atoms with Crippen molar-refractivity contribution in [3.05, 3.63) is 59.0 Å². The highest BCUT2D eigenvalue weighted by Crippen LogP contribution is 2.12. The quantitative estimate of drug-likeness (QED) is 0.817. The van der Waals surface area contributed by atoms with Crippen LogP contribution in [-0.4, -0.2) is 17.9 Å². The first-order valence-electron chi connectivity index (χ1n) is 7.38. The first-order valence-corrected chi connectivity index (χ1v) is 7.76. The molecule has 1 aromatic heterocycles. The van der Waals surface area contributed by atoms with Crippen molar-refractivity contribution < 1.29 is 14.0 Å². The molecule has 1 atom stereocenters. The molecule has 0 aliphatic heterocycles. The van der Waals surface area contributed by atoms with Gasteiger partial charge in [0.05, 0.1) is 12.8 Å². The predicted molar refractivity (Wildman–Crippen MR) is 87.9 cm³/mol. The van der Waals surface area contributed by atoms with E-state index in [1.165, 1.54) is 0 Å². The van der Waals surface area contributed by atoms with E-state index in [1.54, 1.807) is 31.4 Å². The summed E-state index contributed by atoms with van der Waals surface area (Å²) in [5, 5.41) is 6.03. The van der Waals surface area contributed by atoms with Gasteiger partial charge in [0.15, 0.2) is 0 Å². The summed E-state index contributed by atoms with van der Waals surface area (Å²) in [6.45, 7) is 1.95. The Morgan fingerprint density at radius 1 is 1.26 bits per heavy atom. The third-order valence-corrected chi connectivity index (χ3v) is 3.55. The fourth-order valence-corrected chi connectivity index (χ4v) is 2.28. The summed E-state index contributed by atoms with van der Waals surface area (Å²) in [7, 11) is 0. The molecule has 23 heavy (non-hydrogen) atoms. The number of rotatable bonds is 7. The summed E-state index contributed by atoms with van der Waals surface area (Å²) in [5.74, 6) is 0.237. The predicted octanol–water partition coefficient (Wildman–Crippen LogP) is 2.69. The van der Waals surface area contributed by atoms with E-state index < -0.39 is 6.04 Å². The number of carbonyl (C=O) groups is 2. The molecule has 0 bridgehead atoms. The van der Waals surface area contributed by atoms with Gasteiger partial charge in [-0.3, -0.25) is 9.59 Å². The van der Waals surface area contributed by atoms with Crippen LogP contribution in [0.15, 0.2) is 47.1 Å². The zero-order chi connectivity index (χ0) is 16.7. The van der Waals surface area contributed by atoms with Gasteiger partial charge in [-0.15, -0.1) is 0 Å². The standard InChI is InChI=1S/C17H19ClN2O3/c1-12(17(22)19-11-15-6-3-9-23-15)20-16(21)8-7-13-4-2-5-14(18)10-13/h2-6,9-10,12H,7-8,11H2,1H3,(H,19,22)(H,20,21). The normalized spacial score (nSPS) is 11.7. The van der Waals surface area contributed by atoms with Crippen molar-refractivity contribution in [3.63, 3.8) is 0 Å². The molecule has 2 N–H and O–H groups in total. The monoisotopic (exact) mass is 334 g/mol. The van der Waals surface area contributed by atoms with Crippen molar-refractivity contribution in [3.8, 4) is 0 Å². The number of hydrogen-bond donors (Lipinski definition) is 2. The number of hydrogen-bond acceptors (Lipinski definition) is 3. The van der Waals surface area contributed by atoms with Crippen LogP contribution in [-0.2, 0) is 22.6 Å². The van der Waals surface area contributed by atoms with Crippen LogP contribution in [0.25, 0.3) is 0 Å². The summed E-state index contributed by atoms with van der Waals surface area (Å²) >= 11 is 5.90. The van der Waals surface area contributed by atoms with Crippen molar-refractivity contribution in [1.82, 2.24) is 10.6 Å². The zero-order valence-corrected chi connectivity index (χ0v) is 13.6. The fourth-order valence-electron chi connectivity index (χ4n) is 2.07. The maximum atomic E-state index is 11.9. The van der Waals surface area contributed by atoms with Gasteiger partial charge < -0.3 is 15.1 Å². The zero-order valence-electron chi connectivity index (χ0n) is 12.8. The van der Waals surface area contributed by atoms with E-state index in [4.69, 9.17) is 16.0 Å². The largest absolute Gasteiger partial charge is 0.467 e. The van der Waals surface area contributed by atoms with Gasteiger partial charge in [-0.1, -0.05) is 23.7 Å². The van der Waals surface area contributed by atoms with E-state index in [0.29, 0.717) is 30.2 Å². The Hall–Kier alpha value is -2.27. The lowest BCUT2D eigenvalue weighted by Crippen LogP contribution is -2.44. The maximum Gasteiger partial charge on any atom is 0.242 e. The molecule has 5 nitrogen and oxygen atoms in total. The Morgan fingerprint density at radius 2 is 2.09 bits per heavy atom. The van der Waals surface area contributed by atoms with Crippen LogP contribution in [0.3, 0.4) is 0 Å². The van der Waals surface area contributed by atoms with E-state index in [-0.39, 0.29) is 11.8 Å². The second-order valence-corrected chi connectivity index (χ2v) is 5.65. The van der Waals surface area contributed by atoms with Crippen LogP contribution in [0.1, 0.15) is 24.7 Å². The van der Waals surface area contributed by atoms with Gasteiger partial charge in [-0.05, 0) is 43.2 Å². The highest BCUT2D eigenvalue weighted by Gasteiger charge is 2.15. The molecule has 0 aliphatic rings. The minimum atomic E-state index is -0.600. The summed E-state index contributed by atoms with van der Waals surface area (Å²) in [6.07, 6.45) is 2.42. The molecular weight excluding hydrogens is 316 g/mol. The highest BCUT2D eigenvalue weighted by molar-refractivity contribution is 6.30. The summed E-state index contributed by atoms with van der Waals surface area (Å²) in [4.78, 5) is 23.8. The molecule has 0 fully saturated rings. The number of nitrogens with one attached hydrogen (secondary N) is 2. The lowest BCUT2D eigenvalue weighted by molar-refractivity contribution is -0.128. The molecule has 2 aromatic rings. The molecule has 0 saturated heterocycles. The minimum absolute atomic E-state index is 0.175. The van der Waals surface area contributed by atoms with Crippen LogP contribution in [0.4, 0.5) is 0 Å². The van der Waals surface area contributed by atoms with E-state index in [0.717, 1.165) is 5.56 Å². The smallest absolute Gasteiger partial charge is 0.242 e. The van der Waals surface area contributed by atoms with Gasteiger partial charge in [0.25, 0.3) is 0 Å². The minimum Gasteiger partial charge on any atom is -0.467 e. The molecule has 0 radical (unpaired) electrons. The van der Waals surface area contributed by atoms with Crippen molar-refractivity contribution >= 4 is 23.4 Å². The van der Waals surface area contributed by atoms with Gasteiger partial charge in [0.2, 0.25) is 11.8 Å². The number of halogens is 1. The first-order chi connectivity index (χ1) is 11.0. The Kier molecular flexibility index (Phi) is 6.23. The molecule has 1 heterocycles. The molecule has 6 heteroatoms. The SMILES string of the molecule is CC(NC(=O)CCc1cccc(Cl)c1)C(=O)NCc1ccco1. The van der Waals surface area contributed by atoms with Gasteiger partial charge >= 0.3 is 0 Å². The molecular formula is C17H19ClN2O3. The third kappa shape index (κ3) is 5.79. The lowest BCUT2D eigenvalue weighted by atomic mass is 10.1. The van der Waals surface area contributed by atoms with Gasteiger partial charge in [-0.25, -0.2) is 0 Å². The molecule has 0 spiro atoms. The number of furan rings is 1. The van der Waals surface area contributed by atoms with E-state index >= 15 is 0 Å². The molecule has 1 aromatic carbocycles. The summed E-state index contributed by atoms with van der Waals surface area (Å²) < 4.78 is 5.13. The maximum absolute atomic E-state index is 11.9. The van der Waals surface area contributed by atoms with Gasteiger partial charge in [0.1, 0.15) is 11.8 Å². The second-order valence-electron chi connectivity index (χ2n) is 5.22. The van der Waals surface area contributed by atoms with E-state index in [1.807, 2.05) is 18.2 Å². The van der Waals surface area contributed by atoms with Crippen LogP contribution >= 0.6 is 11.6 Å². The van der Waals surface area contributed by atoms with E-state index in [2.05, 4.69) is 10.6 Å².